The van der Waals surface area contributed by atoms with E-state index in [4.69, 9.17) is 79.1 Å². The zero-order valence-electron chi connectivity index (χ0n) is 80.6. The number of nitrogens with one attached hydrogen (secondary N) is 12. The lowest BCUT2D eigenvalue weighted by atomic mass is 10.1. The maximum absolute atomic E-state index is 11.6. The van der Waals surface area contributed by atoms with E-state index in [1.54, 1.807) is 49.8 Å². The number of methoxy groups -OCH3 is 7. The normalized spacial score (nSPS) is 12.0. The van der Waals surface area contributed by atoms with E-state index in [9.17, 15) is 72.2 Å². The second kappa shape index (κ2) is 105. The minimum atomic E-state index is -1.08. The second-order valence-corrected chi connectivity index (χ2v) is 30.8. The maximum atomic E-state index is 11.6. The van der Waals surface area contributed by atoms with Crippen LogP contribution in [0.2, 0.25) is 0 Å². The standard InChI is InChI=1S/C16H32N2O5.C16H30N2O5.2C15H28N2O6.C15H30N2O5.C12H26N2O4/c1-22-12-6-5-10-17-14(16(20)21)8-3-4-11-18-15(19)9-7-13-23-2;1-3-4-9-14(19)17-11-6-5-8-13(16(21)22)18-15(20)10-7-12-23-2;1-23-11-5-8-13(19)16-9-3-2-6-12(15(21)22)17-14(20)7-4-10-18;1-23-11-5-8-14(20)17-12(15(21)22)6-2-3-9-16-13(19)7-4-10-18;1-21-11-5-8-14(18)17-13(15(19)20)7-3-4-9-16-10-6-12-22-2;15-9-3-7-13-6-2-1-5-11(12(17)18)14-8-4-10-16/h14,17H,3-13H2,1-2H3,(H,18,19)(H,20,21);13H,3-12H2,1-2H3,(H,17,19)(H,18,20)(H,21,22);2*12,18H,2-11H2,1H3,(H,16,19)(H,17,20)(H,21,22);13,16H,3-12H2,1-2H3,(H,17,18)(H,19,20);11,13-16H,1-10H2,(H,17,18). The van der Waals surface area contributed by atoms with Crippen molar-refractivity contribution < 1.29 is 151 Å². The number of carbonyl (C=O) groups excluding carboxylic acids is 8. The highest BCUT2D eigenvalue weighted by molar-refractivity contribution is 5.86. The zero-order chi connectivity index (χ0) is 100. The number of amides is 8. The summed E-state index contributed by atoms with van der Waals surface area (Å²) in [6.45, 7) is 12.9. The van der Waals surface area contributed by atoms with Crippen LogP contribution in [0.4, 0.5) is 0 Å². The Labute approximate surface area is 782 Å². The molecule has 43 nitrogen and oxygen atoms in total. The summed E-state index contributed by atoms with van der Waals surface area (Å²) in [5, 5.41) is 123. The van der Waals surface area contributed by atoms with Crippen molar-refractivity contribution in [3.63, 3.8) is 0 Å². The summed E-state index contributed by atoms with van der Waals surface area (Å²) in [5.41, 5.74) is 0. The Kier molecular flexibility index (Phi) is 107. The number of rotatable bonds is 86. The van der Waals surface area contributed by atoms with Crippen molar-refractivity contribution in [3.8, 4) is 0 Å². The molecule has 6 atom stereocenters. The van der Waals surface area contributed by atoms with Crippen molar-refractivity contribution >= 4 is 83.1 Å². The maximum Gasteiger partial charge on any atom is 0.326 e. The van der Waals surface area contributed by atoms with Gasteiger partial charge in [0, 0.05) is 200 Å². The Balaban J connectivity index is -0.000000361. The van der Waals surface area contributed by atoms with Crippen LogP contribution in [0, 0.1) is 0 Å². The molecule has 0 fully saturated rings. The predicted octanol–water partition coefficient (Wildman–Crippen LogP) is 3.04. The third-order valence-electron chi connectivity index (χ3n) is 19.0. The largest absolute Gasteiger partial charge is 0.480 e. The van der Waals surface area contributed by atoms with Gasteiger partial charge >= 0.3 is 35.8 Å². The van der Waals surface area contributed by atoms with Crippen molar-refractivity contribution in [1.82, 2.24) is 63.8 Å². The zero-order valence-corrected chi connectivity index (χ0v) is 80.6. The third kappa shape index (κ3) is 102. The van der Waals surface area contributed by atoms with Gasteiger partial charge in [0.05, 0.1) is 0 Å². The predicted molar refractivity (Wildman–Crippen MR) is 497 cm³/mol. The molecule has 0 aromatic heterocycles. The lowest BCUT2D eigenvalue weighted by Crippen LogP contribution is -2.40. The smallest absolute Gasteiger partial charge is 0.326 e. The Morgan fingerprint density at radius 3 is 0.674 bits per heavy atom. The molecule has 6 unspecified atom stereocenters. The number of carboxylic acids is 6. The molecule has 0 heterocycles. The molecule has 43 heteroatoms. The van der Waals surface area contributed by atoms with E-state index in [1.807, 2.05) is 6.92 Å². The molecular formula is C89H174N12O31. The quantitative estimate of drug-likeness (QED) is 0.0389. The highest BCUT2D eigenvalue weighted by atomic mass is 16.5. The van der Waals surface area contributed by atoms with Gasteiger partial charge in [-0.15, -0.1) is 0 Å². The molecule has 0 aromatic rings. The van der Waals surface area contributed by atoms with Crippen LogP contribution in [0.25, 0.3) is 0 Å². The summed E-state index contributed by atoms with van der Waals surface area (Å²) >= 11 is 0. The summed E-state index contributed by atoms with van der Waals surface area (Å²) in [6.07, 6.45) is 23.7. The average Bonchev–Trinajstić information content (AvgIpc) is 0.951. The number of carboxylic acid groups (broad SMARTS) is 6. The van der Waals surface area contributed by atoms with Crippen LogP contribution in [0.3, 0.4) is 0 Å². The number of aliphatic hydroxyl groups is 4. The molecule has 0 bridgehead atoms. The lowest BCUT2D eigenvalue weighted by molar-refractivity contribution is -0.142. The first-order chi connectivity index (χ1) is 63.5. The monoisotopic (exact) mass is 1910 g/mol. The molecule has 0 saturated carbocycles. The van der Waals surface area contributed by atoms with Crippen molar-refractivity contribution in [1.29, 1.82) is 0 Å². The number of aliphatic carboxylic acids is 6. The Hall–Kier alpha value is -8.02. The fourth-order valence-electron chi connectivity index (χ4n) is 11.6. The molecule has 0 saturated heterocycles. The molecule has 22 N–H and O–H groups in total. The Morgan fingerprint density at radius 2 is 0.409 bits per heavy atom. The molecule has 8 amide bonds. The first-order valence-electron chi connectivity index (χ1n) is 46.8. The fraction of sp³-hybridized carbons (Fsp3) is 0.843. The van der Waals surface area contributed by atoms with Crippen LogP contribution in [0.15, 0.2) is 0 Å². The molecule has 0 aliphatic heterocycles. The Morgan fingerprint density at radius 1 is 0.212 bits per heavy atom. The number of ether oxygens (including phenoxy) is 7. The van der Waals surface area contributed by atoms with Crippen LogP contribution in [-0.2, 0) is 100 Å². The van der Waals surface area contributed by atoms with E-state index < -0.39 is 72.1 Å². The summed E-state index contributed by atoms with van der Waals surface area (Å²) in [4.78, 5) is 158. The van der Waals surface area contributed by atoms with E-state index in [2.05, 4.69) is 63.8 Å². The number of aliphatic hydroxyl groups excluding tert-OH is 4. The van der Waals surface area contributed by atoms with E-state index in [0.717, 1.165) is 116 Å². The number of carbonyl (C=O) groups is 14. The fourth-order valence-corrected chi connectivity index (χ4v) is 11.6. The van der Waals surface area contributed by atoms with Gasteiger partial charge in [0.15, 0.2) is 0 Å². The van der Waals surface area contributed by atoms with Gasteiger partial charge < -0.3 is 148 Å². The molecule has 0 aliphatic rings. The van der Waals surface area contributed by atoms with Gasteiger partial charge in [0.2, 0.25) is 47.3 Å². The lowest BCUT2D eigenvalue weighted by Gasteiger charge is -2.14. The minimum absolute atomic E-state index is 0.0161. The van der Waals surface area contributed by atoms with Gasteiger partial charge in [-0.2, -0.15) is 0 Å². The highest BCUT2D eigenvalue weighted by Gasteiger charge is 2.24. The molecule has 0 radical (unpaired) electrons. The van der Waals surface area contributed by atoms with Crippen molar-refractivity contribution in [2.45, 2.75) is 300 Å². The van der Waals surface area contributed by atoms with E-state index in [1.165, 1.54) is 0 Å². The van der Waals surface area contributed by atoms with Crippen LogP contribution in [0.5, 0.6) is 0 Å². The van der Waals surface area contributed by atoms with E-state index in [0.29, 0.717) is 227 Å². The van der Waals surface area contributed by atoms with Gasteiger partial charge in [0.25, 0.3) is 0 Å². The molecule has 0 spiro atoms. The van der Waals surface area contributed by atoms with Crippen molar-refractivity contribution in [3.05, 3.63) is 0 Å². The van der Waals surface area contributed by atoms with Gasteiger partial charge in [0.1, 0.15) is 36.3 Å². The number of hydrogen-bond donors (Lipinski definition) is 22. The van der Waals surface area contributed by atoms with Crippen molar-refractivity contribution in [2.75, 3.05) is 188 Å². The molecule has 776 valence electrons. The summed E-state index contributed by atoms with van der Waals surface area (Å²) < 4.78 is 34.2. The van der Waals surface area contributed by atoms with Crippen LogP contribution < -0.4 is 63.8 Å². The van der Waals surface area contributed by atoms with E-state index >= 15 is 0 Å². The molecule has 0 aliphatic carbocycles. The van der Waals surface area contributed by atoms with Gasteiger partial charge in [-0.1, -0.05) is 19.8 Å². The van der Waals surface area contributed by atoms with Crippen LogP contribution >= 0.6 is 0 Å². The van der Waals surface area contributed by atoms with Gasteiger partial charge in [-0.3, -0.25) is 47.9 Å². The van der Waals surface area contributed by atoms with Crippen LogP contribution in [-0.4, -0.2) is 358 Å². The van der Waals surface area contributed by atoms with Gasteiger partial charge in [-0.25, -0.2) is 19.2 Å². The topological polar surface area (TPSA) is 650 Å². The number of hydrogen-bond acceptors (Lipinski definition) is 29. The number of unbranched alkanes of at least 4 members (excludes halogenated alkanes) is 8. The van der Waals surface area contributed by atoms with Gasteiger partial charge in [-0.05, 0) is 232 Å². The summed E-state index contributed by atoms with van der Waals surface area (Å²) in [5.74, 6) is -7.10. The second-order valence-electron chi connectivity index (χ2n) is 30.8. The molecule has 132 heavy (non-hydrogen) atoms. The molecular weight excluding hydrogens is 1730 g/mol. The van der Waals surface area contributed by atoms with Crippen LogP contribution in [0.1, 0.15) is 264 Å². The Bertz CT molecular complexity index is 2770. The summed E-state index contributed by atoms with van der Waals surface area (Å²) in [6, 6.07) is -4.55. The average molecular weight is 1910 g/mol. The first kappa shape index (κ1) is 135. The molecule has 0 aromatic carbocycles. The first-order valence-corrected chi connectivity index (χ1v) is 46.8. The SMILES string of the molecule is CCCCC(=O)NCCCCC(NC(=O)CCCOC)C(=O)O.COCCCC(=O)NC(CCCCNC(=O)CCCO)C(=O)O.COCCCC(=O)NCCCCC(NC(=O)CCCO)C(=O)O.COCCCCNC(CCCCNC(=O)CCCOC)C(=O)O.COCCCNCCCCC(NC(=O)CCCOC)C(=O)O.O=C(O)C(CCCCNCCCO)NCCCO. The minimum Gasteiger partial charge on any atom is -0.480 e. The highest BCUT2D eigenvalue weighted by Crippen LogP contribution is 2.10. The van der Waals surface area contributed by atoms with Crippen molar-refractivity contribution in [2.24, 2.45) is 0 Å². The summed E-state index contributed by atoms with van der Waals surface area (Å²) in [7, 11) is 11.2. The van der Waals surface area contributed by atoms with E-state index in [-0.39, 0.29) is 99.4 Å². The molecule has 0 rings (SSSR count). The third-order valence-corrected chi connectivity index (χ3v) is 19.0.